The molecule has 8 heteroatoms. The Labute approximate surface area is 166 Å². The third kappa shape index (κ3) is 4.54. The van der Waals surface area contributed by atoms with E-state index in [9.17, 15) is 9.59 Å². The van der Waals surface area contributed by atoms with Crippen molar-refractivity contribution >= 4 is 41.0 Å². The molecule has 1 amide bonds. The maximum atomic E-state index is 12.8. The number of hydrogen-bond donors (Lipinski definition) is 0. The van der Waals surface area contributed by atoms with E-state index >= 15 is 0 Å². The number of methoxy groups -OCH3 is 1. The third-order valence-corrected chi connectivity index (χ3v) is 5.56. The summed E-state index contributed by atoms with van der Waals surface area (Å²) in [6.07, 6.45) is 2.12. The SMILES string of the molecule is COC(=O)C(C)SCC(=O)N1N=C(c2ccc(Cl)cc2)CC1c1ccco1. The normalized spacial score (nSPS) is 17.5. The highest BCUT2D eigenvalue weighted by Gasteiger charge is 2.35. The number of amides is 1. The number of furan rings is 1. The Morgan fingerprint density at radius 3 is 2.74 bits per heavy atom. The van der Waals surface area contributed by atoms with E-state index < -0.39 is 5.25 Å². The Kier molecular flexibility index (Phi) is 6.23. The predicted molar refractivity (Wildman–Crippen MR) is 105 cm³/mol. The molecule has 2 aromatic rings. The fourth-order valence-corrected chi connectivity index (χ4v) is 3.64. The second kappa shape index (κ2) is 8.63. The second-order valence-electron chi connectivity index (χ2n) is 6.00. The standard InChI is InChI=1S/C19H19ClN2O4S/c1-12(19(24)25-2)27-11-18(23)22-16(17-4-3-9-26-17)10-15(21-22)13-5-7-14(20)8-6-13/h3-9,12,16H,10-11H2,1-2H3. The van der Waals surface area contributed by atoms with E-state index in [0.717, 1.165) is 11.3 Å². The molecule has 0 radical (unpaired) electrons. The molecule has 2 heterocycles. The minimum Gasteiger partial charge on any atom is -0.468 e. The van der Waals surface area contributed by atoms with E-state index in [2.05, 4.69) is 5.10 Å². The van der Waals surface area contributed by atoms with Gasteiger partial charge in [-0.3, -0.25) is 9.59 Å². The lowest BCUT2D eigenvalue weighted by molar-refractivity contribution is -0.139. The number of thioether (sulfide) groups is 1. The van der Waals surface area contributed by atoms with Crippen LogP contribution < -0.4 is 0 Å². The molecule has 142 valence electrons. The number of carbonyl (C=O) groups is 2. The van der Waals surface area contributed by atoms with Gasteiger partial charge in [-0.15, -0.1) is 11.8 Å². The van der Waals surface area contributed by atoms with Gasteiger partial charge >= 0.3 is 5.97 Å². The molecule has 27 heavy (non-hydrogen) atoms. The zero-order valence-corrected chi connectivity index (χ0v) is 16.5. The van der Waals surface area contributed by atoms with Crippen molar-refractivity contribution in [2.75, 3.05) is 12.9 Å². The first-order valence-electron chi connectivity index (χ1n) is 8.38. The summed E-state index contributed by atoms with van der Waals surface area (Å²) in [5, 5.41) is 6.19. The molecule has 0 N–H and O–H groups in total. The highest BCUT2D eigenvalue weighted by molar-refractivity contribution is 8.01. The summed E-state index contributed by atoms with van der Waals surface area (Å²) in [5.41, 5.74) is 1.69. The maximum Gasteiger partial charge on any atom is 0.318 e. The fourth-order valence-electron chi connectivity index (χ4n) is 2.76. The smallest absolute Gasteiger partial charge is 0.318 e. The van der Waals surface area contributed by atoms with Gasteiger partial charge in [-0.25, -0.2) is 5.01 Å². The molecule has 1 aromatic carbocycles. The maximum absolute atomic E-state index is 12.8. The summed E-state index contributed by atoms with van der Waals surface area (Å²) in [6.45, 7) is 1.71. The van der Waals surface area contributed by atoms with Gasteiger partial charge in [0.2, 0.25) is 0 Å². The summed E-state index contributed by atoms with van der Waals surface area (Å²) >= 11 is 7.18. The van der Waals surface area contributed by atoms with E-state index in [1.807, 2.05) is 18.2 Å². The van der Waals surface area contributed by atoms with Crippen molar-refractivity contribution < 1.29 is 18.7 Å². The number of esters is 1. The van der Waals surface area contributed by atoms with Crippen LogP contribution in [0.4, 0.5) is 0 Å². The van der Waals surface area contributed by atoms with E-state index in [4.69, 9.17) is 20.8 Å². The number of hydrogen-bond acceptors (Lipinski definition) is 6. The van der Waals surface area contributed by atoms with Gasteiger partial charge in [0.15, 0.2) is 0 Å². The van der Waals surface area contributed by atoms with Crippen LogP contribution in [0.2, 0.25) is 5.02 Å². The fraction of sp³-hybridized carbons (Fsp3) is 0.316. The summed E-state index contributed by atoms with van der Waals surface area (Å²) in [4.78, 5) is 24.3. The van der Waals surface area contributed by atoms with Gasteiger partial charge in [0.1, 0.15) is 17.1 Å². The molecule has 0 saturated heterocycles. The van der Waals surface area contributed by atoms with Crippen LogP contribution in [0.3, 0.4) is 0 Å². The van der Waals surface area contributed by atoms with Crippen LogP contribution in [0.25, 0.3) is 0 Å². The first-order valence-corrected chi connectivity index (χ1v) is 9.80. The van der Waals surface area contributed by atoms with Crippen molar-refractivity contribution in [3.63, 3.8) is 0 Å². The zero-order chi connectivity index (χ0) is 19.4. The van der Waals surface area contributed by atoms with Gasteiger partial charge in [-0.2, -0.15) is 5.10 Å². The van der Waals surface area contributed by atoms with Crippen molar-refractivity contribution in [2.24, 2.45) is 5.10 Å². The molecular formula is C19H19ClN2O4S. The lowest BCUT2D eigenvalue weighted by Gasteiger charge is -2.20. The molecule has 0 spiro atoms. The van der Waals surface area contributed by atoms with Crippen LogP contribution in [0.5, 0.6) is 0 Å². The Hall–Kier alpha value is -2.25. The Bertz CT molecular complexity index is 836. The average molecular weight is 407 g/mol. The first kappa shape index (κ1) is 19.5. The van der Waals surface area contributed by atoms with Crippen molar-refractivity contribution in [1.82, 2.24) is 5.01 Å². The number of benzene rings is 1. The topological polar surface area (TPSA) is 72.1 Å². The van der Waals surface area contributed by atoms with E-state index in [1.165, 1.54) is 23.9 Å². The molecule has 3 rings (SSSR count). The van der Waals surface area contributed by atoms with Crippen LogP contribution in [0.1, 0.15) is 30.7 Å². The lowest BCUT2D eigenvalue weighted by Crippen LogP contribution is -2.29. The van der Waals surface area contributed by atoms with E-state index in [1.54, 1.807) is 31.4 Å². The molecular weight excluding hydrogens is 388 g/mol. The van der Waals surface area contributed by atoms with Gasteiger partial charge in [0.25, 0.3) is 5.91 Å². The van der Waals surface area contributed by atoms with Gasteiger partial charge in [0.05, 0.1) is 24.8 Å². The predicted octanol–water partition coefficient (Wildman–Crippen LogP) is 3.91. The van der Waals surface area contributed by atoms with Gasteiger partial charge in [-0.05, 0) is 36.8 Å². The Morgan fingerprint density at radius 2 is 2.11 bits per heavy atom. The number of hydrazone groups is 1. The number of ether oxygens (including phenoxy) is 1. The monoisotopic (exact) mass is 406 g/mol. The Morgan fingerprint density at radius 1 is 1.37 bits per heavy atom. The number of rotatable bonds is 6. The van der Waals surface area contributed by atoms with E-state index in [-0.39, 0.29) is 23.7 Å². The minimum absolute atomic E-state index is 0.116. The van der Waals surface area contributed by atoms with Crippen LogP contribution >= 0.6 is 23.4 Å². The molecule has 1 aliphatic rings. The van der Waals surface area contributed by atoms with Crippen molar-refractivity contribution in [2.45, 2.75) is 24.6 Å². The highest BCUT2D eigenvalue weighted by atomic mass is 35.5. The van der Waals surface area contributed by atoms with Crippen LogP contribution in [-0.4, -0.2) is 40.7 Å². The Balaban J connectivity index is 1.78. The number of carbonyl (C=O) groups excluding carboxylic acids is 2. The molecule has 1 aliphatic heterocycles. The number of halogens is 1. The van der Waals surface area contributed by atoms with Gasteiger partial charge in [0, 0.05) is 11.4 Å². The largest absolute Gasteiger partial charge is 0.468 e. The summed E-state index contributed by atoms with van der Waals surface area (Å²) in [5.74, 6) is 0.232. The second-order valence-corrected chi connectivity index (χ2v) is 7.77. The molecule has 0 aliphatic carbocycles. The van der Waals surface area contributed by atoms with Crippen molar-refractivity contribution in [1.29, 1.82) is 0 Å². The number of nitrogens with zero attached hydrogens (tertiary/aromatic N) is 2. The summed E-state index contributed by atoms with van der Waals surface area (Å²) in [7, 11) is 1.33. The summed E-state index contributed by atoms with van der Waals surface area (Å²) < 4.78 is 10.2. The van der Waals surface area contributed by atoms with E-state index in [0.29, 0.717) is 17.2 Å². The molecule has 1 aromatic heterocycles. The molecule has 0 bridgehead atoms. The van der Waals surface area contributed by atoms with Crippen LogP contribution in [0, 0.1) is 0 Å². The first-order chi connectivity index (χ1) is 13.0. The highest BCUT2D eigenvalue weighted by Crippen LogP contribution is 2.34. The molecule has 2 unspecified atom stereocenters. The van der Waals surface area contributed by atoms with Crippen LogP contribution in [0.15, 0.2) is 52.2 Å². The lowest BCUT2D eigenvalue weighted by atomic mass is 10.0. The van der Waals surface area contributed by atoms with Gasteiger partial charge < -0.3 is 9.15 Å². The summed E-state index contributed by atoms with van der Waals surface area (Å²) in [6, 6.07) is 10.6. The molecule has 0 saturated carbocycles. The quantitative estimate of drug-likeness (QED) is 0.680. The van der Waals surface area contributed by atoms with Crippen molar-refractivity contribution in [3.05, 3.63) is 59.0 Å². The minimum atomic E-state index is -0.427. The third-order valence-electron chi connectivity index (χ3n) is 4.20. The van der Waals surface area contributed by atoms with Crippen LogP contribution in [-0.2, 0) is 14.3 Å². The molecule has 2 atom stereocenters. The molecule has 6 nitrogen and oxygen atoms in total. The average Bonchev–Trinajstić information content (AvgIpc) is 3.35. The van der Waals surface area contributed by atoms with Crippen molar-refractivity contribution in [3.8, 4) is 0 Å². The van der Waals surface area contributed by atoms with Gasteiger partial charge in [-0.1, -0.05) is 23.7 Å². The molecule has 0 fully saturated rings. The zero-order valence-electron chi connectivity index (χ0n) is 14.9.